The Kier molecular flexibility index (Phi) is 4.66. The van der Waals surface area contributed by atoms with Gasteiger partial charge in [0.15, 0.2) is 0 Å². The number of carboxylic acids is 1. The number of likely N-dealkylation sites (N-methyl/N-ethyl adjacent to an activating group) is 1. The quantitative estimate of drug-likeness (QED) is 0.889. The van der Waals surface area contributed by atoms with E-state index in [1.54, 1.807) is 0 Å². The topological polar surface area (TPSA) is 74.7 Å². The lowest BCUT2D eigenvalue weighted by molar-refractivity contribution is -0.137. The first kappa shape index (κ1) is 14.9. The summed E-state index contributed by atoms with van der Waals surface area (Å²) in [5.41, 5.74) is 0.290. The van der Waals surface area contributed by atoms with Gasteiger partial charge in [0.05, 0.1) is 10.8 Å². The van der Waals surface area contributed by atoms with Gasteiger partial charge in [-0.1, -0.05) is 17.7 Å². The molecule has 0 unspecified atom stereocenters. The Morgan fingerprint density at radius 3 is 2.61 bits per heavy atom. The Morgan fingerprint density at radius 1 is 1.50 bits per heavy atom. The van der Waals surface area contributed by atoms with Crippen molar-refractivity contribution in [1.29, 1.82) is 0 Å². The molecule has 100 valence electrons. The predicted molar refractivity (Wildman–Crippen MR) is 64.3 cm³/mol. The zero-order chi connectivity index (χ0) is 13.9. The molecule has 0 aliphatic heterocycles. The van der Waals surface area contributed by atoms with Gasteiger partial charge in [-0.25, -0.2) is 12.8 Å². The fraction of sp³-hybridized carbons (Fsp3) is 0.300. The summed E-state index contributed by atoms with van der Waals surface area (Å²) in [7, 11) is -2.61. The summed E-state index contributed by atoms with van der Waals surface area (Å²) in [5, 5.41) is 8.34. The molecule has 0 heterocycles. The van der Waals surface area contributed by atoms with Gasteiger partial charge in [0.25, 0.3) is 0 Å². The number of benzene rings is 1. The zero-order valence-electron chi connectivity index (χ0n) is 9.43. The molecule has 1 aromatic rings. The molecular formula is C10H11ClFNO4S. The van der Waals surface area contributed by atoms with Crippen LogP contribution in [0.1, 0.15) is 5.56 Å². The second-order valence-electron chi connectivity index (χ2n) is 3.65. The number of carboxylic acid groups (broad SMARTS) is 1. The maximum absolute atomic E-state index is 12.9. The van der Waals surface area contributed by atoms with Crippen LogP contribution in [0.4, 0.5) is 4.39 Å². The summed E-state index contributed by atoms with van der Waals surface area (Å²) >= 11 is 5.53. The SMILES string of the molecule is CN(CC(=O)O)S(=O)(=O)Cc1ccc(F)c(Cl)c1. The molecule has 0 aliphatic carbocycles. The Morgan fingerprint density at radius 2 is 2.11 bits per heavy atom. The largest absolute Gasteiger partial charge is 0.480 e. The lowest BCUT2D eigenvalue weighted by Crippen LogP contribution is -2.32. The van der Waals surface area contributed by atoms with Crippen LogP contribution in [0, 0.1) is 5.82 Å². The van der Waals surface area contributed by atoms with Gasteiger partial charge in [-0.05, 0) is 17.7 Å². The molecule has 5 nitrogen and oxygen atoms in total. The van der Waals surface area contributed by atoms with Crippen LogP contribution < -0.4 is 0 Å². The van der Waals surface area contributed by atoms with E-state index in [0.29, 0.717) is 9.87 Å². The molecule has 1 aromatic carbocycles. The van der Waals surface area contributed by atoms with Crippen molar-refractivity contribution in [2.75, 3.05) is 13.6 Å². The third kappa shape index (κ3) is 3.94. The third-order valence-electron chi connectivity index (χ3n) is 2.17. The maximum atomic E-state index is 12.9. The third-order valence-corrected chi connectivity index (χ3v) is 4.23. The number of sulfonamides is 1. The Balaban J connectivity index is 2.88. The van der Waals surface area contributed by atoms with Crippen LogP contribution in [-0.2, 0) is 20.6 Å². The molecule has 1 rings (SSSR count). The van der Waals surface area contributed by atoms with Crippen LogP contribution in [0.25, 0.3) is 0 Å². The molecule has 0 radical (unpaired) electrons. The van der Waals surface area contributed by atoms with E-state index in [9.17, 15) is 17.6 Å². The predicted octanol–water partition coefficient (Wildman–Crippen LogP) is 1.33. The maximum Gasteiger partial charge on any atom is 0.318 e. The number of rotatable bonds is 5. The van der Waals surface area contributed by atoms with Crippen molar-refractivity contribution in [3.63, 3.8) is 0 Å². The molecule has 0 atom stereocenters. The van der Waals surface area contributed by atoms with Crippen molar-refractivity contribution < 1.29 is 22.7 Å². The molecule has 0 fully saturated rings. The summed E-state index contributed by atoms with van der Waals surface area (Å²) in [5.74, 6) is -2.33. The first-order valence-corrected chi connectivity index (χ1v) is 6.81. The standard InChI is InChI=1S/C10H11ClFNO4S/c1-13(5-10(14)15)18(16,17)6-7-2-3-9(12)8(11)4-7/h2-4H,5-6H2,1H3,(H,14,15). The molecule has 0 amide bonds. The summed E-state index contributed by atoms with van der Waals surface area (Å²) in [6.45, 7) is -0.628. The summed E-state index contributed by atoms with van der Waals surface area (Å²) in [4.78, 5) is 10.4. The van der Waals surface area contributed by atoms with Gasteiger partial charge in [-0.3, -0.25) is 4.79 Å². The Bertz CT molecular complexity index is 561. The monoisotopic (exact) mass is 295 g/mol. The molecule has 0 aliphatic rings. The van der Waals surface area contributed by atoms with Crippen LogP contribution in [0.5, 0.6) is 0 Å². The second kappa shape index (κ2) is 5.64. The number of hydrogen-bond acceptors (Lipinski definition) is 3. The van der Waals surface area contributed by atoms with E-state index in [1.807, 2.05) is 0 Å². The Labute approximate surface area is 109 Å². The van der Waals surface area contributed by atoms with Gasteiger partial charge in [0.1, 0.15) is 12.4 Å². The first-order valence-electron chi connectivity index (χ1n) is 4.82. The van der Waals surface area contributed by atoms with Gasteiger partial charge in [0.2, 0.25) is 10.0 Å². The van der Waals surface area contributed by atoms with E-state index < -0.39 is 34.1 Å². The molecule has 0 spiro atoms. The fourth-order valence-corrected chi connectivity index (χ4v) is 2.57. The molecule has 8 heteroatoms. The fourth-order valence-electron chi connectivity index (χ4n) is 1.24. The summed E-state index contributed by atoms with van der Waals surface area (Å²) in [6.07, 6.45) is 0. The summed E-state index contributed by atoms with van der Waals surface area (Å²) in [6, 6.07) is 3.54. The van der Waals surface area contributed by atoms with Crippen molar-refractivity contribution in [3.8, 4) is 0 Å². The van der Waals surface area contributed by atoms with Crippen LogP contribution in [0.3, 0.4) is 0 Å². The number of carbonyl (C=O) groups is 1. The van der Waals surface area contributed by atoms with Crippen molar-refractivity contribution in [2.24, 2.45) is 0 Å². The van der Waals surface area contributed by atoms with E-state index in [-0.39, 0.29) is 5.02 Å². The molecule has 1 N–H and O–H groups in total. The van der Waals surface area contributed by atoms with E-state index in [1.165, 1.54) is 12.1 Å². The highest BCUT2D eigenvalue weighted by atomic mass is 35.5. The minimum absolute atomic E-state index is 0.177. The molecule has 18 heavy (non-hydrogen) atoms. The van der Waals surface area contributed by atoms with Gasteiger partial charge < -0.3 is 5.11 Å². The van der Waals surface area contributed by atoms with E-state index in [0.717, 1.165) is 13.1 Å². The highest BCUT2D eigenvalue weighted by Gasteiger charge is 2.21. The van der Waals surface area contributed by atoms with Gasteiger partial charge >= 0.3 is 5.97 Å². The summed E-state index contributed by atoms with van der Waals surface area (Å²) < 4.78 is 37.1. The minimum atomic E-state index is -3.77. The number of hydrogen-bond donors (Lipinski definition) is 1. The number of aliphatic carboxylic acids is 1. The molecule has 0 saturated carbocycles. The van der Waals surface area contributed by atoms with Crippen molar-refractivity contribution >= 4 is 27.6 Å². The van der Waals surface area contributed by atoms with Gasteiger partial charge in [-0.15, -0.1) is 0 Å². The number of halogens is 2. The minimum Gasteiger partial charge on any atom is -0.480 e. The normalized spacial score (nSPS) is 11.8. The van der Waals surface area contributed by atoms with Crippen LogP contribution in [0.15, 0.2) is 18.2 Å². The van der Waals surface area contributed by atoms with Crippen LogP contribution in [0.2, 0.25) is 5.02 Å². The first-order chi connectivity index (χ1) is 8.22. The van der Waals surface area contributed by atoms with Crippen molar-refractivity contribution in [3.05, 3.63) is 34.6 Å². The molecule has 0 aromatic heterocycles. The lowest BCUT2D eigenvalue weighted by Gasteiger charge is -2.14. The van der Waals surface area contributed by atoms with Crippen LogP contribution >= 0.6 is 11.6 Å². The van der Waals surface area contributed by atoms with Gasteiger partial charge in [-0.2, -0.15) is 4.31 Å². The van der Waals surface area contributed by atoms with E-state index >= 15 is 0 Å². The van der Waals surface area contributed by atoms with Crippen molar-refractivity contribution in [2.45, 2.75) is 5.75 Å². The lowest BCUT2D eigenvalue weighted by atomic mass is 10.2. The van der Waals surface area contributed by atoms with E-state index in [2.05, 4.69) is 0 Å². The molecule has 0 bridgehead atoms. The molecular weight excluding hydrogens is 285 g/mol. The van der Waals surface area contributed by atoms with Gasteiger partial charge in [0, 0.05) is 7.05 Å². The highest BCUT2D eigenvalue weighted by Crippen LogP contribution is 2.18. The smallest absolute Gasteiger partial charge is 0.318 e. The number of nitrogens with zero attached hydrogens (tertiary/aromatic N) is 1. The zero-order valence-corrected chi connectivity index (χ0v) is 11.0. The Hall–Kier alpha value is -1.18. The van der Waals surface area contributed by atoms with E-state index in [4.69, 9.17) is 16.7 Å². The highest BCUT2D eigenvalue weighted by molar-refractivity contribution is 7.88. The second-order valence-corrected chi connectivity index (χ2v) is 6.14. The molecule has 0 saturated heterocycles. The van der Waals surface area contributed by atoms with Crippen molar-refractivity contribution in [1.82, 2.24) is 4.31 Å². The average Bonchev–Trinajstić information content (AvgIpc) is 2.22. The van der Waals surface area contributed by atoms with Crippen LogP contribution in [-0.4, -0.2) is 37.4 Å². The average molecular weight is 296 g/mol.